The van der Waals surface area contributed by atoms with Crippen LogP contribution in [-0.2, 0) is 7.05 Å². The number of nitrogens with zero attached hydrogens (tertiary/aromatic N) is 3. The van der Waals surface area contributed by atoms with Crippen LogP contribution in [0.15, 0.2) is 41.4 Å². The minimum Gasteiger partial charge on any atom is -0.317 e. The van der Waals surface area contributed by atoms with E-state index < -0.39 is 22.5 Å². The van der Waals surface area contributed by atoms with E-state index in [9.17, 15) is 23.7 Å². The molecule has 0 fully saturated rings. The van der Waals surface area contributed by atoms with E-state index in [1.165, 1.54) is 35.9 Å². The Morgan fingerprint density at radius 3 is 2.71 bits per heavy atom. The maximum atomic E-state index is 13.9. The molecule has 0 radical (unpaired) electrons. The molecule has 3 rings (SSSR count). The number of nitro benzene ring substituents is 1. The zero-order valence-electron chi connectivity index (χ0n) is 12.2. The molecule has 0 aliphatic rings. The summed E-state index contributed by atoms with van der Waals surface area (Å²) in [4.78, 5) is 26.5. The van der Waals surface area contributed by atoms with E-state index in [0.29, 0.717) is 0 Å². The molecule has 6 nitrogen and oxygen atoms in total. The third-order valence-corrected chi connectivity index (χ3v) is 4.42. The van der Waals surface area contributed by atoms with E-state index in [1.807, 2.05) is 0 Å². The van der Waals surface area contributed by atoms with Crippen LogP contribution >= 0.6 is 11.3 Å². The molecule has 0 unspecified atom stereocenters. The van der Waals surface area contributed by atoms with Crippen molar-refractivity contribution in [3.05, 3.63) is 68.5 Å². The molecule has 0 aliphatic heterocycles. The molecule has 0 saturated carbocycles. The van der Waals surface area contributed by atoms with Crippen molar-refractivity contribution >= 4 is 33.1 Å². The molecule has 0 spiro atoms. The lowest BCUT2D eigenvalue weighted by Gasteiger charge is -1.98. The van der Waals surface area contributed by atoms with Gasteiger partial charge in [-0.05, 0) is 12.1 Å². The summed E-state index contributed by atoms with van der Waals surface area (Å²) in [6, 6.07) is 7.28. The lowest BCUT2D eigenvalue weighted by Crippen LogP contribution is -2.14. The van der Waals surface area contributed by atoms with Gasteiger partial charge in [-0.3, -0.25) is 14.9 Å². The highest BCUT2D eigenvalue weighted by molar-refractivity contribution is 7.16. The first-order chi connectivity index (χ1) is 11.4. The van der Waals surface area contributed by atoms with Crippen LogP contribution in [0.3, 0.4) is 0 Å². The molecule has 24 heavy (non-hydrogen) atoms. The van der Waals surface area contributed by atoms with Crippen molar-refractivity contribution in [3.8, 4) is 0 Å². The van der Waals surface area contributed by atoms with E-state index in [4.69, 9.17) is 0 Å². The summed E-state index contributed by atoms with van der Waals surface area (Å²) in [7, 11) is 1.48. The number of benzene rings is 2. The second-order valence-corrected chi connectivity index (χ2v) is 5.88. The van der Waals surface area contributed by atoms with Crippen molar-refractivity contribution < 1.29 is 18.5 Å². The summed E-state index contributed by atoms with van der Waals surface area (Å²) in [5.41, 5.74) is -0.436. The number of carbonyl (C=O) groups is 1. The number of carbonyl (C=O) groups excluding carboxylic acids is 1. The lowest BCUT2D eigenvalue weighted by molar-refractivity contribution is -0.385. The number of aromatic nitrogens is 1. The Labute approximate surface area is 137 Å². The van der Waals surface area contributed by atoms with Gasteiger partial charge >= 0.3 is 0 Å². The Hall–Kier alpha value is -2.94. The van der Waals surface area contributed by atoms with Gasteiger partial charge in [0.2, 0.25) is 0 Å². The average molecular weight is 349 g/mol. The van der Waals surface area contributed by atoms with Crippen molar-refractivity contribution in [1.82, 2.24) is 4.57 Å². The monoisotopic (exact) mass is 349 g/mol. The number of rotatable bonds is 2. The fraction of sp³-hybridized carbons (Fsp3) is 0.0667. The van der Waals surface area contributed by atoms with Crippen molar-refractivity contribution in [2.75, 3.05) is 0 Å². The average Bonchev–Trinajstić information content (AvgIpc) is 2.83. The number of thiazole rings is 1. The van der Waals surface area contributed by atoms with Crippen LogP contribution in [0.4, 0.5) is 14.5 Å². The van der Waals surface area contributed by atoms with Crippen molar-refractivity contribution in [2.24, 2.45) is 12.0 Å². The molecule has 0 saturated heterocycles. The van der Waals surface area contributed by atoms with Crippen LogP contribution in [0.25, 0.3) is 10.2 Å². The van der Waals surface area contributed by atoms with Gasteiger partial charge in [-0.2, -0.15) is 4.99 Å². The fourth-order valence-corrected chi connectivity index (χ4v) is 3.32. The molecule has 2 aromatic carbocycles. The second kappa shape index (κ2) is 5.93. The van der Waals surface area contributed by atoms with E-state index in [-0.39, 0.29) is 26.3 Å². The summed E-state index contributed by atoms with van der Waals surface area (Å²) in [6.45, 7) is 0. The Kier molecular flexibility index (Phi) is 3.94. The smallest absolute Gasteiger partial charge is 0.286 e. The zero-order valence-corrected chi connectivity index (χ0v) is 13.0. The van der Waals surface area contributed by atoms with Gasteiger partial charge in [0.15, 0.2) is 10.6 Å². The van der Waals surface area contributed by atoms with Gasteiger partial charge in [0.25, 0.3) is 11.6 Å². The van der Waals surface area contributed by atoms with Crippen LogP contribution < -0.4 is 4.80 Å². The molecule has 1 aromatic heterocycles. The van der Waals surface area contributed by atoms with Gasteiger partial charge in [-0.25, -0.2) is 8.78 Å². The molecule has 9 heteroatoms. The largest absolute Gasteiger partial charge is 0.317 e. The highest BCUT2D eigenvalue weighted by atomic mass is 32.1. The fourth-order valence-electron chi connectivity index (χ4n) is 2.27. The Morgan fingerprint density at radius 1 is 1.29 bits per heavy atom. The van der Waals surface area contributed by atoms with Crippen LogP contribution in [-0.4, -0.2) is 15.4 Å². The molecule has 1 heterocycles. The minimum atomic E-state index is -0.828. The third-order valence-electron chi connectivity index (χ3n) is 3.35. The molecule has 0 N–H and O–H groups in total. The number of amides is 1. The maximum Gasteiger partial charge on any atom is 0.286 e. The molecule has 1 amide bonds. The standard InChI is InChI=1S/C15H9F2N3O3S/c1-19-13-10(17)6-8(16)7-12(13)24-15(19)18-14(21)9-4-2-3-5-11(9)20(22)23/h2-7H,1H3. The number of aryl methyl sites for hydroxylation is 1. The molecular weight excluding hydrogens is 340 g/mol. The third kappa shape index (κ3) is 2.69. The number of hydrogen-bond donors (Lipinski definition) is 0. The predicted molar refractivity (Wildman–Crippen MR) is 83.7 cm³/mol. The Balaban J connectivity index is 2.18. The number of halogens is 2. The summed E-state index contributed by atoms with van der Waals surface area (Å²) in [6.07, 6.45) is 0. The van der Waals surface area contributed by atoms with Gasteiger partial charge in [0, 0.05) is 19.2 Å². The number of para-hydroxylation sites is 1. The van der Waals surface area contributed by atoms with Gasteiger partial charge in [-0.15, -0.1) is 0 Å². The van der Waals surface area contributed by atoms with E-state index >= 15 is 0 Å². The van der Waals surface area contributed by atoms with Crippen LogP contribution in [0.2, 0.25) is 0 Å². The first-order valence-corrected chi connectivity index (χ1v) is 7.47. The van der Waals surface area contributed by atoms with Gasteiger partial charge in [-0.1, -0.05) is 23.5 Å². The topological polar surface area (TPSA) is 77.5 Å². The van der Waals surface area contributed by atoms with Gasteiger partial charge in [0.1, 0.15) is 11.4 Å². The first-order valence-electron chi connectivity index (χ1n) is 6.65. The van der Waals surface area contributed by atoms with E-state index in [1.54, 1.807) is 0 Å². The first kappa shape index (κ1) is 15.9. The molecule has 0 aliphatic carbocycles. The molecule has 3 aromatic rings. The highest BCUT2D eigenvalue weighted by Crippen LogP contribution is 2.22. The number of hydrogen-bond acceptors (Lipinski definition) is 4. The SMILES string of the molecule is Cn1c(=NC(=O)c2ccccc2[N+](=O)[O-])sc2cc(F)cc(F)c21. The van der Waals surface area contributed by atoms with Crippen molar-refractivity contribution in [3.63, 3.8) is 0 Å². The molecule has 122 valence electrons. The Bertz CT molecular complexity index is 1060. The molecule has 0 atom stereocenters. The lowest BCUT2D eigenvalue weighted by atomic mass is 10.2. The van der Waals surface area contributed by atoms with Crippen molar-refractivity contribution in [1.29, 1.82) is 0 Å². The highest BCUT2D eigenvalue weighted by Gasteiger charge is 2.19. The summed E-state index contributed by atoms with van der Waals surface area (Å²) in [5.74, 6) is -2.34. The van der Waals surface area contributed by atoms with Crippen LogP contribution in [0, 0.1) is 21.7 Å². The van der Waals surface area contributed by atoms with E-state index in [2.05, 4.69) is 4.99 Å². The second-order valence-electron chi connectivity index (χ2n) is 4.87. The van der Waals surface area contributed by atoms with Gasteiger partial charge < -0.3 is 4.57 Å². The van der Waals surface area contributed by atoms with E-state index in [0.717, 1.165) is 23.5 Å². The Morgan fingerprint density at radius 2 is 2.00 bits per heavy atom. The minimum absolute atomic E-state index is 0.107. The number of nitro groups is 1. The summed E-state index contributed by atoms with van der Waals surface area (Å²) in [5, 5.41) is 11.0. The molecular formula is C15H9F2N3O3S. The van der Waals surface area contributed by atoms with Gasteiger partial charge in [0.05, 0.1) is 15.1 Å². The summed E-state index contributed by atoms with van der Waals surface area (Å²) < 4.78 is 28.8. The quantitative estimate of drug-likeness (QED) is 0.527. The number of fused-ring (bicyclic) bond motifs is 1. The van der Waals surface area contributed by atoms with Crippen LogP contribution in [0.1, 0.15) is 10.4 Å². The van der Waals surface area contributed by atoms with Crippen molar-refractivity contribution in [2.45, 2.75) is 0 Å². The maximum absolute atomic E-state index is 13.9. The predicted octanol–water partition coefficient (Wildman–Crippen LogP) is 3.17. The molecule has 0 bridgehead atoms. The zero-order chi connectivity index (χ0) is 17.4. The normalized spacial score (nSPS) is 11.9. The summed E-state index contributed by atoms with van der Waals surface area (Å²) >= 11 is 0.915. The van der Waals surface area contributed by atoms with Crippen LogP contribution in [0.5, 0.6) is 0 Å².